The number of nitrogens with one attached hydrogen (secondary N) is 2. The van der Waals surface area contributed by atoms with E-state index < -0.39 is 10.0 Å². The van der Waals surface area contributed by atoms with Gasteiger partial charge in [-0.1, -0.05) is 11.6 Å². The van der Waals surface area contributed by atoms with Crippen molar-refractivity contribution in [2.24, 2.45) is 0 Å². The summed E-state index contributed by atoms with van der Waals surface area (Å²) in [5, 5.41) is 3.78. The Hall–Kier alpha value is -1.70. The van der Waals surface area contributed by atoms with Crippen molar-refractivity contribution in [2.75, 3.05) is 25.4 Å². The van der Waals surface area contributed by atoms with Gasteiger partial charge in [-0.3, -0.25) is 4.79 Å². The van der Waals surface area contributed by atoms with Gasteiger partial charge >= 0.3 is 0 Å². The van der Waals surface area contributed by atoms with Gasteiger partial charge in [0.1, 0.15) is 0 Å². The Balaban J connectivity index is 1.60. The summed E-state index contributed by atoms with van der Waals surface area (Å²) in [6.07, 6.45) is 1.90. The monoisotopic (exact) mass is 349 g/mol. The SMILES string of the molecule is Cc1ccc2[nH]c(CNCCS(=O)(=O)N3CCCC3)cc(=O)c2c1. The van der Waals surface area contributed by atoms with Crippen LogP contribution in [0.3, 0.4) is 0 Å². The van der Waals surface area contributed by atoms with Gasteiger partial charge in [-0.2, -0.15) is 0 Å². The van der Waals surface area contributed by atoms with E-state index in [1.807, 2.05) is 25.1 Å². The molecule has 0 amide bonds. The first-order valence-electron chi connectivity index (χ1n) is 8.27. The number of rotatable bonds is 6. The molecule has 7 heteroatoms. The van der Waals surface area contributed by atoms with Gasteiger partial charge < -0.3 is 10.3 Å². The first-order valence-corrected chi connectivity index (χ1v) is 9.88. The Morgan fingerprint density at radius 1 is 1.21 bits per heavy atom. The number of pyridine rings is 1. The van der Waals surface area contributed by atoms with Crippen LogP contribution in [0.15, 0.2) is 29.1 Å². The van der Waals surface area contributed by atoms with Crippen LogP contribution in [0.25, 0.3) is 10.9 Å². The van der Waals surface area contributed by atoms with E-state index in [1.54, 1.807) is 10.4 Å². The highest BCUT2D eigenvalue weighted by molar-refractivity contribution is 7.89. The van der Waals surface area contributed by atoms with Crippen molar-refractivity contribution in [1.29, 1.82) is 0 Å². The van der Waals surface area contributed by atoms with Gasteiger partial charge in [0, 0.05) is 48.8 Å². The maximum Gasteiger partial charge on any atom is 0.215 e. The molecule has 1 saturated heterocycles. The highest BCUT2D eigenvalue weighted by Crippen LogP contribution is 2.13. The van der Waals surface area contributed by atoms with E-state index in [1.165, 1.54) is 0 Å². The minimum Gasteiger partial charge on any atom is -0.357 e. The van der Waals surface area contributed by atoms with Crippen LogP contribution in [0.1, 0.15) is 24.1 Å². The lowest BCUT2D eigenvalue weighted by Crippen LogP contribution is -2.34. The molecule has 0 bridgehead atoms. The van der Waals surface area contributed by atoms with E-state index in [-0.39, 0.29) is 11.2 Å². The standard InChI is InChI=1S/C17H23N3O3S/c1-13-4-5-16-15(10-13)17(21)11-14(19-16)12-18-6-9-24(22,23)20-7-2-3-8-20/h4-5,10-11,18H,2-3,6-9,12H2,1H3,(H,19,21). The summed E-state index contributed by atoms with van der Waals surface area (Å²) in [5.41, 5.74) is 2.59. The topological polar surface area (TPSA) is 82.3 Å². The van der Waals surface area contributed by atoms with Crippen molar-refractivity contribution in [1.82, 2.24) is 14.6 Å². The lowest BCUT2D eigenvalue weighted by atomic mass is 10.1. The minimum absolute atomic E-state index is 0.0195. The average molecular weight is 349 g/mol. The molecule has 0 atom stereocenters. The number of aromatic nitrogens is 1. The summed E-state index contributed by atoms with van der Waals surface area (Å²) < 4.78 is 25.8. The zero-order valence-electron chi connectivity index (χ0n) is 13.8. The first kappa shape index (κ1) is 17.1. The fourth-order valence-corrected chi connectivity index (χ4v) is 4.51. The number of sulfonamides is 1. The van der Waals surface area contributed by atoms with Crippen LogP contribution in [0, 0.1) is 6.92 Å². The van der Waals surface area contributed by atoms with Crippen LogP contribution >= 0.6 is 0 Å². The molecule has 1 aromatic carbocycles. The lowest BCUT2D eigenvalue weighted by molar-refractivity contribution is 0.475. The fraction of sp³-hybridized carbons (Fsp3) is 0.471. The van der Waals surface area contributed by atoms with Crippen molar-refractivity contribution in [2.45, 2.75) is 26.3 Å². The van der Waals surface area contributed by atoms with E-state index in [0.717, 1.165) is 29.6 Å². The van der Waals surface area contributed by atoms with Crippen molar-refractivity contribution in [3.05, 3.63) is 45.7 Å². The van der Waals surface area contributed by atoms with Crippen LogP contribution in [0.4, 0.5) is 0 Å². The number of aryl methyl sites for hydroxylation is 1. The first-order chi connectivity index (χ1) is 11.5. The molecular weight excluding hydrogens is 326 g/mol. The second-order valence-electron chi connectivity index (χ2n) is 6.31. The van der Waals surface area contributed by atoms with E-state index in [4.69, 9.17) is 0 Å². The Kier molecular flexibility index (Phi) is 5.03. The smallest absolute Gasteiger partial charge is 0.215 e. The molecule has 1 aromatic heterocycles. The molecule has 1 aliphatic rings. The highest BCUT2D eigenvalue weighted by Gasteiger charge is 2.24. The van der Waals surface area contributed by atoms with Gasteiger partial charge in [-0.25, -0.2) is 12.7 Å². The molecule has 24 heavy (non-hydrogen) atoms. The molecule has 1 fully saturated rings. The van der Waals surface area contributed by atoms with Crippen LogP contribution in [-0.4, -0.2) is 43.1 Å². The molecule has 2 heterocycles. The van der Waals surface area contributed by atoms with Gasteiger partial charge in [0.15, 0.2) is 5.43 Å². The van der Waals surface area contributed by atoms with Crippen LogP contribution in [0.5, 0.6) is 0 Å². The number of fused-ring (bicyclic) bond motifs is 1. The Labute approximate surface area is 141 Å². The summed E-state index contributed by atoms with van der Waals surface area (Å²) >= 11 is 0. The zero-order valence-corrected chi connectivity index (χ0v) is 14.7. The Bertz CT molecular complexity index is 884. The molecular formula is C17H23N3O3S. The summed E-state index contributed by atoms with van der Waals surface area (Å²) in [7, 11) is -3.16. The molecule has 1 aliphatic heterocycles. The summed E-state index contributed by atoms with van der Waals surface area (Å²) in [6.45, 7) is 4.04. The Morgan fingerprint density at radius 2 is 1.96 bits per heavy atom. The number of benzene rings is 1. The second-order valence-corrected chi connectivity index (χ2v) is 8.40. The summed E-state index contributed by atoms with van der Waals surface area (Å²) in [4.78, 5) is 15.4. The van der Waals surface area contributed by atoms with E-state index in [0.29, 0.717) is 31.6 Å². The van der Waals surface area contributed by atoms with E-state index in [2.05, 4.69) is 10.3 Å². The third-order valence-corrected chi connectivity index (χ3v) is 6.22. The predicted octanol–water partition coefficient (Wildman–Crippen LogP) is 1.35. The largest absolute Gasteiger partial charge is 0.357 e. The molecule has 2 aromatic rings. The maximum atomic E-state index is 12.2. The normalized spacial score (nSPS) is 16.0. The van der Waals surface area contributed by atoms with Gasteiger partial charge in [0.05, 0.1) is 5.75 Å². The summed E-state index contributed by atoms with van der Waals surface area (Å²) in [5.74, 6) is 0.0873. The summed E-state index contributed by atoms with van der Waals surface area (Å²) in [6, 6.07) is 7.29. The molecule has 6 nitrogen and oxygen atoms in total. The maximum absolute atomic E-state index is 12.2. The molecule has 0 radical (unpaired) electrons. The van der Waals surface area contributed by atoms with Crippen molar-refractivity contribution in [3.8, 4) is 0 Å². The van der Waals surface area contributed by atoms with Crippen LogP contribution < -0.4 is 10.7 Å². The van der Waals surface area contributed by atoms with Crippen LogP contribution in [-0.2, 0) is 16.6 Å². The molecule has 3 rings (SSSR count). The van der Waals surface area contributed by atoms with Crippen LogP contribution in [0.2, 0.25) is 0 Å². The second kappa shape index (κ2) is 7.04. The highest BCUT2D eigenvalue weighted by atomic mass is 32.2. The van der Waals surface area contributed by atoms with E-state index in [9.17, 15) is 13.2 Å². The number of hydrogen-bond donors (Lipinski definition) is 2. The van der Waals surface area contributed by atoms with Gasteiger partial charge in [-0.15, -0.1) is 0 Å². The molecule has 0 spiro atoms. The molecule has 2 N–H and O–H groups in total. The number of H-pyrrole nitrogens is 1. The van der Waals surface area contributed by atoms with Gasteiger partial charge in [0.2, 0.25) is 10.0 Å². The molecule has 0 aliphatic carbocycles. The number of hydrogen-bond acceptors (Lipinski definition) is 4. The Morgan fingerprint density at radius 3 is 2.71 bits per heavy atom. The predicted molar refractivity (Wildman–Crippen MR) is 95.6 cm³/mol. The van der Waals surface area contributed by atoms with Crippen molar-refractivity contribution < 1.29 is 8.42 Å². The van der Waals surface area contributed by atoms with Gasteiger partial charge in [-0.05, 0) is 31.9 Å². The lowest BCUT2D eigenvalue weighted by Gasteiger charge is -2.15. The van der Waals surface area contributed by atoms with Gasteiger partial charge in [0.25, 0.3) is 0 Å². The number of aromatic amines is 1. The number of nitrogens with zero attached hydrogens (tertiary/aromatic N) is 1. The van der Waals surface area contributed by atoms with E-state index >= 15 is 0 Å². The molecule has 0 saturated carbocycles. The quantitative estimate of drug-likeness (QED) is 0.772. The van der Waals surface area contributed by atoms with Crippen molar-refractivity contribution >= 4 is 20.9 Å². The minimum atomic E-state index is -3.16. The fourth-order valence-electron chi connectivity index (χ4n) is 3.03. The molecule has 130 valence electrons. The zero-order chi connectivity index (χ0) is 17.2. The third kappa shape index (κ3) is 3.85. The third-order valence-electron chi connectivity index (χ3n) is 4.35. The van der Waals surface area contributed by atoms with Crippen molar-refractivity contribution in [3.63, 3.8) is 0 Å². The molecule has 0 unspecified atom stereocenters. The average Bonchev–Trinajstić information content (AvgIpc) is 3.08.